The van der Waals surface area contributed by atoms with E-state index in [4.69, 9.17) is 0 Å². The van der Waals surface area contributed by atoms with Crippen LogP contribution >= 0.6 is 23.1 Å². The Kier molecular flexibility index (Phi) is 4.63. The lowest BCUT2D eigenvalue weighted by Crippen LogP contribution is -2.39. The topological polar surface area (TPSA) is 45.2 Å². The van der Waals surface area contributed by atoms with Gasteiger partial charge >= 0.3 is 0 Å². The van der Waals surface area contributed by atoms with Crippen molar-refractivity contribution in [1.29, 1.82) is 0 Å². The molecule has 4 nitrogen and oxygen atoms in total. The molecule has 2 fully saturated rings. The van der Waals surface area contributed by atoms with Crippen LogP contribution < -0.4 is 5.32 Å². The van der Waals surface area contributed by atoms with Crippen molar-refractivity contribution < 1.29 is 4.79 Å². The maximum absolute atomic E-state index is 12.4. The first-order valence-corrected chi connectivity index (χ1v) is 9.22. The van der Waals surface area contributed by atoms with Crippen LogP contribution in [0.1, 0.15) is 31.9 Å². The van der Waals surface area contributed by atoms with Crippen molar-refractivity contribution >= 4 is 29.0 Å². The first-order valence-electron chi connectivity index (χ1n) is 7.35. The van der Waals surface area contributed by atoms with Crippen molar-refractivity contribution in [2.45, 2.75) is 49.0 Å². The Hall–Kier alpha value is -0.590. The SMILES string of the molecule is CCSc1nc(CC(=O)N2CC[C@H]3CC[C@@H](C2)N3)cs1. The highest BCUT2D eigenvalue weighted by atomic mass is 32.2. The lowest BCUT2D eigenvalue weighted by atomic mass is 10.1. The Morgan fingerprint density at radius 1 is 1.50 bits per heavy atom. The van der Waals surface area contributed by atoms with Crippen molar-refractivity contribution in [3.05, 3.63) is 11.1 Å². The van der Waals surface area contributed by atoms with E-state index in [9.17, 15) is 4.79 Å². The lowest BCUT2D eigenvalue weighted by molar-refractivity contribution is -0.130. The fourth-order valence-electron chi connectivity index (χ4n) is 3.00. The van der Waals surface area contributed by atoms with Crippen LogP contribution in [0.3, 0.4) is 0 Å². The van der Waals surface area contributed by atoms with Crippen LogP contribution in [0, 0.1) is 0 Å². The van der Waals surface area contributed by atoms with E-state index in [0.29, 0.717) is 18.5 Å². The molecular weight excluding hydrogens is 290 g/mol. The summed E-state index contributed by atoms with van der Waals surface area (Å²) in [5.41, 5.74) is 0.929. The number of likely N-dealkylation sites (tertiary alicyclic amines) is 1. The molecule has 6 heteroatoms. The fourth-order valence-corrected chi connectivity index (χ4v) is 4.74. The number of hydrogen-bond donors (Lipinski definition) is 1. The van der Waals surface area contributed by atoms with Crippen molar-refractivity contribution in [2.24, 2.45) is 0 Å². The smallest absolute Gasteiger partial charge is 0.228 e. The number of carbonyl (C=O) groups excluding carboxylic acids is 1. The molecule has 0 aliphatic carbocycles. The molecule has 0 spiro atoms. The summed E-state index contributed by atoms with van der Waals surface area (Å²) in [6, 6.07) is 1.14. The summed E-state index contributed by atoms with van der Waals surface area (Å²) in [6.45, 7) is 3.89. The van der Waals surface area contributed by atoms with E-state index in [0.717, 1.165) is 35.3 Å². The molecule has 2 bridgehead atoms. The number of hydrogen-bond acceptors (Lipinski definition) is 5. The number of amides is 1. The molecule has 1 aromatic heterocycles. The molecule has 2 saturated heterocycles. The zero-order chi connectivity index (χ0) is 13.9. The number of thiazole rings is 1. The molecule has 0 unspecified atom stereocenters. The highest BCUT2D eigenvalue weighted by molar-refractivity contribution is 8.00. The highest BCUT2D eigenvalue weighted by Crippen LogP contribution is 2.24. The molecule has 2 aliphatic heterocycles. The van der Waals surface area contributed by atoms with Crippen molar-refractivity contribution in [2.75, 3.05) is 18.8 Å². The van der Waals surface area contributed by atoms with Gasteiger partial charge in [-0.1, -0.05) is 18.7 Å². The third-order valence-electron chi connectivity index (χ3n) is 4.01. The van der Waals surface area contributed by atoms with E-state index in [1.54, 1.807) is 23.1 Å². The van der Waals surface area contributed by atoms with Crippen molar-refractivity contribution in [1.82, 2.24) is 15.2 Å². The van der Waals surface area contributed by atoms with Crippen LogP contribution in [0.25, 0.3) is 0 Å². The average molecular weight is 311 g/mol. The first-order chi connectivity index (χ1) is 9.74. The molecule has 0 radical (unpaired) electrons. The molecule has 0 aromatic carbocycles. The van der Waals surface area contributed by atoms with E-state index in [2.05, 4.69) is 17.2 Å². The third-order valence-corrected chi connectivity index (χ3v) is 5.96. The van der Waals surface area contributed by atoms with Crippen LogP contribution in [0.15, 0.2) is 9.72 Å². The molecule has 1 N–H and O–H groups in total. The summed E-state index contributed by atoms with van der Waals surface area (Å²) in [7, 11) is 0. The summed E-state index contributed by atoms with van der Waals surface area (Å²) in [6.07, 6.45) is 4.03. The van der Waals surface area contributed by atoms with Crippen molar-refractivity contribution in [3.8, 4) is 0 Å². The lowest BCUT2D eigenvalue weighted by Gasteiger charge is -2.24. The average Bonchev–Trinajstić information content (AvgIpc) is 2.97. The van der Waals surface area contributed by atoms with Gasteiger partial charge in [0.25, 0.3) is 0 Å². The zero-order valence-electron chi connectivity index (χ0n) is 11.8. The summed E-state index contributed by atoms with van der Waals surface area (Å²) in [5, 5.41) is 5.64. The van der Waals surface area contributed by atoms with Gasteiger partial charge in [-0.05, 0) is 25.0 Å². The summed E-state index contributed by atoms with van der Waals surface area (Å²) in [5.74, 6) is 1.26. The Labute approximate surface area is 128 Å². The van der Waals surface area contributed by atoms with E-state index >= 15 is 0 Å². The monoisotopic (exact) mass is 311 g/mol. The molecule has 20 heavy (non-hydrogen) atoms. The molecule has 3 rings (SSSR count). The van der Waals surface area contributed by atoms with Gasteiger partial charge in [-0.15, -0.1) is 11.3 Å². The fraction of sp³-hybridized carbons (Fsp3) is 0.714. The number of carbonyl (C=O) groups is 1. The Morgan fingerprint density at radius 3 is 3.20 bits per heavy atom. The molecular formula is C14H21N3OS2. The molecule has 1 aromatic rings. The van der Waals surface area contributed by atoms with Crippen LogP contribution in [0.4, 0.5) is 0 Å². The number of nitrogens with one attached hydrogen (secondary N) is 1. The quantitative estimate of drug-likeness (QED) is 0.866. The van der Waals surface area contributed by atoms with Crippen LogP contribution in [0.2, 0.25) is 0 Å². The Morgan fingerprint density at radius 2 is 2.35 bits per heavy atom. The zero-order valence-corrected chi connectivity index (χ0v) is 13.4. The van der Waals surface area contributed by atoms with Gasteiger partial charge < -0.3 is 10.2 Å². The van der Waals surface area contributed by atoms with Gasteiger partial charge in [0.2, 0.25) is 5.91 Å². The van der Waals surface area contributed by atoms with Crippen LogP contribution in [0.5, 0.6) is 0 Å². The molecule has 2 aliphatic rings. The number of nitrogens with zero attached hydrogens (tertiary/aromatic N) is 2. The van der Waals surface area contributed by atoms with E-state index in [1.807, 2.05) is 10.3 Å². The summed E-state index contributed by atoms with van der Waals surface area (Å²) < 4.78 is 1.08. The number of thioether (sulfide) groups is 1. The predicted molar refractivity (Wildman–Crippen MR) is 83.4 cm³/mol. The second-order valence-corrected chi connectivity index (χ2v) is 7.85. The molecule has 2 atom stereocenters. The molecule has 3 heterocycles. The minimum atomic E-state index is 0.234. The van der Waals surface area contributed by atoms with E-state index < -0.39 is 0 Å². The Bertz CT molecular complexity index is 477. The molecule has 110 valence electrons. The third kappa shape index (κ3) is 3.35. The molecule has 0 saturated carbocycles. The highest BCUT2D eigenvalue weighted by Gasteiger charge is 2.31. The number of rotatable bonds is 4. The van der Waals surface area contributed by atoms with Gasteiger partial charge in [-0.25, -0.2) is 4.98 Å². The standard InChI is InChI=1S/C14H21N3OS2/c1-2-19-14-16-12(9-20-14)7-13(18)17-6-5-10-3-4-11(8-17)15-10/h9-11,15H,2-8H2,1H3/t10-,11+/m1/s1. The second kappa shape index (κ2) is 6.45. The van der Waals surface area contributed by atoms with Gasteiger partial charge in [-0.3, -0.25) is 4.79 Å². The van der Waals surface area contributed by atoms with Gasteiger partial charge in [0.05, 0.1) is 12.1 Å². The van der Waals surface area contributed by atoms with Crippen molar-refractivity contribution in [3.63, 3.8) is 0 Å². The maximum atomic E-state index is 12.4. The normalized spacial score (nSPS) is 25.8. The van der Waals surface area contributed by atoms with E-state index in [1.165, 1.54) is 12.8 Å². The maximum Gasteiger partial charge on any atom is 0.228 e. The Balaban J connectivity index is 1.57. The number of aromatic nitrogens is 1. The summed E-state index contributed by atoms with van der Waals surface area (Å²) >= 11 is 3.39. The van der Waals surface area contributed by atoms with E-state index in [-0.39, 0.29) is 5.91 Å². The summed E-state index contributed by atoms with van der Waals surface area (Å²) in [4.78, 5) is 19.0. The van der Waals surface area contributed by atoms with Gasteiger partial charge in [0.1, 0.15) is 4.34 Å². The van der Waals surface area contributed by atoms with Gasteiger partial charge in [-0.2, -0.15) is 0 Å². The minimum Gasteiger partial charge on any atom is -0.341 e. The van der Waals surface area contributed by atoms with Crippen LogP contribution in [-0.2, 0) is 11.2 Å². The predicted octanol–water partition coefficient (Wildman–Crippen LogP) is 2.15. The first kappa shape index (κ1) is 14.4. The minimum absolute atomic E-state index is 0.234. The largest absolute Gasteiger partial charge is 0.341 e. The number of fused-ring (bicyclic) bond motifs is 2. The van der Waals surface area contributed by atoms with Crippen LogP contribution in [-0.4, -0.2) is 46.7 Å². The molecule has 1 amide bonds. The van der Waals surface area contributed by atoms with Gasteiger partial charge in [0, 0.05) is 30.6 Å². The van der Waals surface area contributed by atoms with Gasteiger partial charge in [0.15, 0.2) is 0 Å². The second-order valence-electron chi connectivity index (χ2n) is 5.48.